The van der Waals surface area contributed by atoms with Gasteiger partial charge in [0.15, 0.2) is 0 Å². The monoisotopic (exact) mass is 404 g/mol. The highest BCUT2D eigenvalue weighted by Gasteiger charge is 2.37. The number of halogens is 1. The Morgan fingerprint density at radius 2 is 2.04 bits per heavy atom. The van der Waals surface area contributed by atoms with Crippen molar-refractivity contribution in [3.8, 4) is 5.75 Å². The molecule has 1 amide bonds. The van der Waals surface area contributed by atoms with E-state index in [-0.39, 0.29) is 29.6 Å². The van der Waals surface area contributed by atoms with Crippen LogP contribution in [0.3, 0.4) is 0 Å². The molecule has 2 aromatic rings. The van der Waals surface area contributed by atoms with Crippen molar-refractivity contribution in [2.45, 2.75) is 18.7 Å². The van der Waals surface area contributed by atoms with Crippen molar-refractivity contribution in [1.29, 1.82) is 0 Å². The van der Waals surface area contributed by atoms with Crippen molar-refractivity contribution in [3.63, 3.8) is 0 Å². The average Bonchev–Trinajstić information content (AvgIpc) is 2.72. The molecule has 28 heavy (non-hydrogen) atoms. The molecule has 0 radical (unpaired) electrons. The molecule has 0 saturated heterocycles. The van der Waals surface area contributed by atoms with Gasteiger partial charge in [0.05, 0.1) is 21.7 Å². The highest BCUT2D eigenvalue weighted by Crippen LogP contribution is 2.38. The van der Waals surface area contributed by atoms with Gasteiger partial charge in [-0.3, -0.25) is 9.52 Å². The van der Waals surface area contributed by atoms with E-state index in [1.807, 2.05) is 0 Å². The number of fused-ring (bicyclic) bond motifs is 1. The molecule has 6 nitrogen and oxygen atoms in total. The minimum atomic E-state index is -3.99. The van der Waals surface area contributed by atoms with Gasteiger partial charge in [-0.25, -0.2) is 12.8 Å². The summed E-state index contributed by atoms with van der Waals surface area (Å²) in [6, 6.07) is 9.38. The van der Waals surface area contributed by atoms with Gasteiger partial charge >= 0.3 is 0 Å². The molecule has 148 valence electrons. The van der Waals surface area contributed by atoms with E-state index in [9.17, 15) is 17.6 Å². The number of carbonyl (C=O) groups is 1. The standard InChI is InChI=1S/C20H21FN2O4S/c1-4-10-23-17-12-15(8-9-18(17)27-13-20(2,3)19(23)24)22-28(25,26)16-7-5-6-14(21)11-16/h4-9,11-12,22H,1,10,13H2,2-3H3. The van der Waals surface area contributed by atoms with Gasteiger partial charge in [0.1, 0.15) is 18.2 Å². The van der Waals surface area contributed by atoms with Crippen LogP contribution >= 0.6 is 0 Å². The molecule has 0 spiro atoms. The molecule has 0 saturated carbocycles. The quantitative estimate of drug-likeness (QED) is 0.773. The Kier molecular flexibility index (Phi) is 5.16. The lowest BCUT2D eigenvalue weighted by molar-refractivity contribution is -0.127. The SMILES string of the molecule is C=CCN1C(=O)C(C)(C)COc2ccc(NS(=O)(=O)c3cccc(F)c3)cc21. The Hall–Kier alpha value is -2.87. The zero-order chi connectivity index (χ0) is 20.5. The summed E-state index contributed by atoms with van der Waals surface area (Å²) in [7, 11) is -3.99. The molecule has 0 unspecified atom stereocenters. The number of hydrogen-bond donors (Lipinski definition) is 1. The summed E-state index contributed by atoms with van der Waals surface area (Å²) >= 11 is 0. The van der Waals surface area contributed by atoms with Crippen molar-refractivity contribution < 1.29 is 22.3 Å². The zero-order valence-electron chi connectivity index (χ0n) is 15.6. The fourth-order valence-corrected chi connectivity index (χ4v) is 3.95. The molecule has 1 heterocycles. The van der Waals surface area contributed by atoms with Crippen LogP contribution in [-0.2, 0) is 14.8 Å². The highest BCUT2D eigenvalue weighted by atomic mass is 32.2. The van der Waals surface area contributed by atoms with Crippen molar-refractivity contribution in [1.82, 2.24) is 0 Å². The molecule has 1 N–H and O–H groups in total. The van der Waals surface area contributed by atoms with Crippen LogP contribution in [0.1, 0.15) is 13.8 Å². The maximum Gasteiger partial charge on any atom is 0.261 e. The van der Waals surface area contributed by atoms with Crippen LogP contribution < -0.4 is 14.4 Å². The number of hydrogen-bond acceptors (Lipinski definition) is 4. The van der Waals surface area contributed by atoms with Crippen molar-refractivity contribution in [3.05, 3.63) is 60.9 Å². The number of nitrogens with one attached hydrogen (secondary N) is 1. The van der Waals surface area contributed by atoms with E-state index >= 15 is 0 Å². The van der Waals surface area contributed by atoms with Crippen LogP contribution in [0.5, 0.6) is 5.75 Å². The van der Waals surface area contributed by atoms with E-state index in [1.165, 1.54) is 35.2 Å². The second-order valence-corrected chi connectivity index (χ2v) is 8.80. The van der Waals surface area contributed by atoms with Crippen molar-refractivity contribution >= 4 is 27.3 Å². The fraction of sp³-hybridized carbons (Fsp3) is 0.250. The van der Waals surface area contributed by atoms with Crippen LogP contribution in [0.2, 0.25) is 0 Å². The lowest BCUT2D eigenvalue weighted by atomic mass is 9.93. The van der Waals surface area contributed by atoms with Crippen LogP contribution in [0.15, 0.2) is 60.0 Å². The van der Waals surface area contributed by atoms with Gasteiger partial charge in [-0.15, -0.1) is 6.58 Å². The molecular weight excluding hydrogens is 383 g/mol. The second kappa shape index (κ2) is 7.27. The van der Waals surface area contributed by atoms with E-state index in [4.69, 9.17) is 4.74 Å². The molecule has 3 rings (SSSR count). The lowest BCUT2D eigenvalue weighted by Gasteiger charge is -2.27. The number of anilines is 2. The Bertz CT molecular complexity index is 1030. The van der Waals surface area contributed by atoms with Gasteiger partial charge in [-0.2, -0.15) is 0 Å². The molecule has 8 heteroatoms. The van der Waals surface area contributed by atoms with Crippen LogP contribution in [0.4, 0.5) is 15.8 Å². The van der Waals surface area contributed by atoms with Crippen molar-refractivity contribution in [2.24, 2.45) is 5.41 Å². The number of rotatable bonds is 5. The summed E-state index contributed by atoms with van der Waals surface area (Å²) in [5.41, 5.74) is -0.0772. The Labute approximate surface area is 163 Å². The summed E-state index contributed by atoms with van der Waals surface area (Å²) in [6.45, 7) is 7.70. The average molecular weight is 404 g/mol. The third kappa shape index (κ3) is 3.87. The van der Waals surface area contributed by atoms with Gasteiger partial charge in [0.2, 0.25) is 5.91 Å². The zero-order valence-corrected chi connectivity index (χ0v) is 16.4. The van der Waals surface area contributed by atoms with E-state index in [0.29, 0.717) is 11.4 Å². The van der Waals surface area contributed by atoms with Gasteiger partial charge in [-0.1, -0.05) is 12.1 Å². The van der Waals surface area contributed by atoms with Crippen LogP contribution in [-0.4, -0.2) is 27.5 Å². The normalized spacial score (nSPS) is 16.0. The molecule has 1 aliphatic rings. The predicted molar refractivity (Wildman–Crippen MR) is 105 cm³/mol. The molecule has 0 atom stereocenters. The summed E-state index contributed by atoms with van der Waals surface area (Å²) < 4.78 is 46.7. The minimum Gasteiger partial charge on any atom is -0.490 e. The molecule has 1 aliphatic heterocycles. The first-order chi connectivity index (χ1) is 13.1. The first-order valence-electron chi connectivity index (χ1n) is 8.62. The van der Waals surface area contributed by atoms with Crippen LogP contribution in [0.25, 0.3) is 0 Å². The lowest BCUT2D eigenvalue weighted by Crippen LogP contribution is -2.42. The topological polar surface area (TPSA) is 75.7 Å². The molecule has 0 bridgehead atoms. The third-order valence-corrected chi connectivity index (χ3v) is 5.71. The van der Waals surface area contributed by atoms with Gasteiger partial charge in [0, 0.05) is 6.54 Å². The molecule has 0 fully saturated rings. The van der Waals surface area contributed by atoms with Gasteiger partial charge in [0.25, 0.3) is 10.0 Å². The second-order valence-electron chi connectivity index (χ2n) is 7.12. The number of nitrogens with zero attached hydrogens (tertiary/aromatic N) is 1. The fourth-order valence-electron chi connectivity index (χ4n) is 2.87. The van der Waals surface area contributed by atoms with E-state index in [1.54, 1.807) is 26.0 Å². The number of sulfonamides is 1. The molecular formula is C20H21FN2O4S. The molecule has 0 aliphatic carbocycles. The Morgan fingerprint density at radius 1 is 1.29 bits per heavy atom. The van der Waals surface area contributed by atoms with E-state index < -0.39 is 21.3 Å². The number of amides is 1. The summed E-state index contributed by atoms with van der Waals surface area (Å²) in [5, 5.41) is 0. The largest absolute Gasteiger partial charge is 0.490 e. The first kappa shape index (κ1) is 19.9. The van der Waals surface area contributed by atoms with Crippen molar-refractivity contribution in [2.75, 3.05) is 22.8 Å². The predicted octanol–water partition coefficient (Wildman–Crippen LogP) is 3.56. The molecule has 0 aromatic heterocycles. The van der Waals surface area contributed by atoms with Gasteiger partial charge in [-0.05, 0) is 50.2 Å². The first-order valence-corrected chi connectivity index (χ1v) is 10.1. The Balaban J connectivity index is 2.00. The maximum atomic E-state index is 13.4. The van der Waals surface area contributed by atoms with E-state index in [2.05, 4.69) is 11.3 Å². The summed E-state index contributed by atoms with van der Waals surface area (Å²) in [6.07, 6.45) is 1.59. The van der Waals surface area contributed by atoms with Crippen LogP contribution in [0, 0.1) is 11.2 Å². The summed E-state index contributed by atoms with van der Waals surface area (Å²) in [5.74, 6) is -0.339. The third-order valence-electron chi connectivity index (χ3n) is 4.33. The Morgan fingerprint density at radius 3 is 2.71 bits per heavy atom. The maximum absolute atomic E-state index is 13.4. The summed E-state index contributed by atoms with van der Waals surface area (Å²) in [4.78, 5) is 14.2. The highest BCUT2D eigenvalue weighted by molar-refractivity contribution is 7.92. The van der Waals surface area contributed by atoms with E-state index in [0.717, 1.165) is 6.07 Å². The van der Waals surface area contributed by atoms with Gasteiger partial charge < -0.3 is 9.64 Å². The number of ether oxygens (including phenoxy) is 1. The molecule has 2 aromatic carbocycles. The minimum absolute atomic E-state index is 0.156. The smallest absolute Gasteiger partial charge is 0.261 e. The number of carbonyl (C=O) groups excluding carboxylic acids is 1. The number of benzene rings is 2.